The Morgan fingerprint density at radius 2 is 2.50 bits per heavy atom. The lowest BCUT2D eigenvalue weighted by atomic mass is 10.4. The van der Waals surface area contributed by atoms with Crippen molar-refractivity contribution in [2.24, 2.45) is 10.8 Å². The highest BCUT2D eigenvalue weighted by Gasteiger charge is 2.21. The standard InChI is InChI=1S/C8H11N3S/c9-11-8(10-6-3-4-6)7-2-1-5-12-7/h1-2,5-6H,3-4,9H2,(H,10,11). The average molecular weight is 181 g/mol. The number of nitrogens with zero attached hydrogens (tertiary/aromatic N) is 1. The third-order valence-electron chi connectivity index (χ3n) is 1.75. The van der Waals surface area contributed by atoms with Gasteiger partial charge in [0.15, 0.2) is 5.84 Å². The monoisotopic (exact) mass is 181 g/mol. The van der Waals surface area contributed by atoms with Crippen molar-refractivity contribution in [3.8, 4) is 0 Å². The molecule has 1 aromatic rings. The van der Waals surface area contributed by atoms with Gasteiger partial charge < -0.3 is 5.43 Å². The van der Waals surface area contributed by atoms with E-state index in [1.807, 2.05) is 17.5 Å². The largest absolute Gasteiger partial charge is 0.308 e. The zero-order valence-electron chi connectivity index (χ0n) is 6.66. The third-order valence-corrected chi connectivity index (χ3v) is 2.63. The van der Waals surface area contributed by atoms with Crippen LogP contribution >= 0.6 is 11.3 Å². The van der Waals surface area contributed by atoms with Gasteiger partial charge in [-0.05, 0) is 24.3 Å². The van der Waals surface area contributed by atoms with Crippen LogP contribution in [0.3, 0.4) is 0 Å². The molecule has 4 heteroatoms. The third kappa shape index (κ3) is 1.65. The van der Waals surface area contributed by atoms with Crippen LogP contribution in [0, 0.1) is 0 Å². The number of hydrogen-bond donors (Lipinski definition) is 2. The number of amidine groups is 1. The fraction of sp³-hybridized carbons (Fsp3) is 0.375. The lowest BCUT2D eigenvalue weighted by Crippen LogP contribution is -2.30. The van der Waals surface area contributed by atoms with Crippen molar-refractivity contribution in [3.63, 3.8) is 0 Å². The van der Waals surface area contributed by atoms with E-state index in [4.69, 9.17) is 5.84 Å². The number of hydrogen-bond acceptors (Lipinski definition) is 3. The molecule has 1 aliphatic rings. The van der Waals surface area contributed by atoms with E-state index in [9.17, 15) is 0 Å². The molecular formula is C8H11N3S. The fourth-order valence-electron chi connectivity index (χ4n) is 0.972. The minimum absolute atomic E-state index is 0.512. The summed E-state index contributed by atoms with van der Waals surface area (Å²) in [5.74, 6) is 6.19. The number of hydrazine groups is 1. The van der Waals surface area contributed by atoms with Crippen molar-refractivity contribution in [2.45, 2.75) is 18.9 Å². The molecule has 12 heavy (non-hydrogen) atoms. The van der Waals surface area contributed by atoms with Crippen molar-refractivity contribution < 1.29 is 0 Å². The number of aliphatic imine (C=N–C) groups is 1. The summed E-state index contributed by atoms with van der Waals surface area (Å²) >= 11 is 1.65. The lowest BCUT2D eigenvalue weighted by molar-refractivity contribution is 0.975. The van der Waals surface area contributed by atoms with Crippen molar-refractivity contribution in [1.82, 2.24) is 5.43 Å². The summed E-state index contributed by atoms with van der Waals surface area (Å²) in [4.78, 5) is 5.56. The Kier molecular flexibility index (Phi) is 2.10. The first-order valence-corrected chi connectivity index (χ1v) is 4.86. The molecule has 3 nitrogen and oxygen atoms in total. The van der Waals surface area contributed by atoms with Gasteiger partial charge in [0, 0.05) is 0 Å². The highest BCUT2D eigenvalue weighted by Crippen LogP contribution is 2.24. The predicted octanol–water partition coefficient (Wildman–Crippen LogP) is 1.12. The maximum atomic E-state index is 5.37. The van der Waals surface area contributed by atoms with Crippen molar-refractivity contribution in [2.75, 3.05) is 0 Å². The van der Waals surface area contributed by atoms with E-state index in [0.29, 0.717) is 6.04 Å². The van der Waals surface area contributed by atoms with Gasteiger partial charge in [0.25, 0.3) is 0 Å². The van der Waals surface area contributed by atoms with Gasteiger partial charge in [-0.2, -0.15) is 0 Å². The van der Waals surface area contributed by atoms with E-state index in [-0.39, 0.29) is 0 Å². The Bertz CT molecular complexity index is 275. The normalized spacial score (nSPS) is 17.9. The molecule has 2 rings (SSSR count). The Morgan fingerprint density at radius 1 is 1.67 bits per heavy atom. The molecule has 0 atom stereocenters. The first-order chi connectivity index (χ1) is 5.90. The zero-order valence-corrected chi connectivity index (χ0v) is 7.47. The highest BCUT2D eigenvalue weighted by atomic mass is 32.1. The summed E-state index contributed by atoms with van der Waals surface area (Å²) in [7, 11) is 0. The summed E-state index contributed by atoms with van der Waals surface area (Å²) in [6, 6.07) is 4.53. The molecule has 0 aromatic carbocycles. The SMILES string of the molecule is NNC(=NC1CC1)c1cccs1. The number of thiophene rings is 1. The van der Waals surface area contributed by atoms with Crippen LogP contribution in [0.2, 0.25) is 0 Å². The molecule has 3 N–H and O–H groups in total. The van der Waals surface area contributed by atoms with Gasteiger partial charge in [-0.15, -0.1) is 11.3 Å². The van der Waals surface area contributed by atoms with Gasteiger partial charge >= 0.3 is 0 Å². The smallest absolute Gasteiger partial charge is 0.153 e. The summed E-state index contributed by atoms with van der Waals surface area (Å²) in [6.45, 7) is 0. The molecule has 0 unspecified atom stereocenters. The molecule has 0 aliphatic heterocycles. The van der Waals surface area contributed by atoms with E-state index < -0.39 is 0 Å². The van der Waals surface area contributed by atoms with Gasteiger partial charge in [0.05, 0.1) is 10.9 Å². The molecule has 64 valence electrons. The average Bonchev–Trinajstić information content (AvgIpc) is 2.74. The van der Waals surface area contributed by atoms with E-state index >= 15 is 0 Å². The first-order valence-electron chi connectivity index (χ1n) is 3.98. The van der Waals surface area contributed by atoms with E-state index in [0.717, 1.165) is 10.7 Å². The van der Waals surface area contributed by atoms with Gasteiger partial charge in [-0.25, -0.2) is 5.84 Å². The Labute approximate surface area is 75.3 Å². The molecular weight excluding hydrogens is 170 g/mol. The minimum atomic E-state index is 0.512. The van der Waals surface area contributed by atoms with E-state index in [1.54, 1.807) is 11.3 Å². The molecule has 1 saturated carbocycles. The molecule has 1 aromatic heterocycles. The maximum Gasteiger partial charge on any atom is 0.153 e. The van der Waals surface area contributed by atoms with Crippen molar-refractivity contribution in [1.29, 1.82) is 0 Å². The zero-order chi connectivity index (χ0) is 8.39. The number of nitrogens with one attached hydrogen (secondary N) is 1. The van der Waals surface area contributed by atoms with Gasteiger partial charge in [-0.3, -0.25) is 4.99 Å². The van der Waals surface area contributed by atoms with Crippen LogP contribution in [0.1, 0.15) is 17.7 Å². The summed E-state index contributed by atoms with van der Waals surface area (Å²) in [6.07, 6.45) is 2.41. The van der Waals surface area contributed by atoms with Crippen LogP contribution < -0.4 is 11.3 Å². The predicted molar refractivity (Wildman–Crippen MR) is 51.2 cm³/mol. The molecule has 0 bridgehead atoms. The molecule has 0 spiro atoms. The number of nitrogens with two attached hydrogens (primary N) is 1. The number of rotatable bonds is 2. The van der Waals surface area contributed by atoms with Crippen LogP contribution in [0.25, 0.3) is 0 Å². The Morgan fingerprint density at radius 3 is 3.00 bits per heavy atom. The summed E-state index contributed by atoms with van der Waals surface area (Å²) in [5, 5.41) is 2.02. The maximum absolute atomic E-state index is 5.37. The second-order valence-corrected chi connectivity index (χ2v) is 3.78. The van der Waals surface area contributed by atoms with Crippen LogP contribution in [0.4, 0.5) is 0 Å². The van der Waals surface area contributed by atoms with Crippen LogP contribution in [-0.4, -0.2) is 11.9 Å². The second-order valence-electron chi connectivity index (χ2n) is 2.83. The summed E-state index contributed by atoms with van der Waals surface area (Å²) < 4.78 is 0. The minimum Gasteiger partial charge on any atom is -0.308 e. The molecule has 1 aliphatic carbocycles. The van der Waals surface area contributed by atoms with Crippen LogP contribution in [0.5, 0.6) is 0 Å². The van der Waals surface area contributed by atoms with Crippen molar-refractivity contribution >= 4 is 17.2 Å². The van der Waals surface area contributed by atoms with Crippen LogP contribution in [-0.2, 0) is 0 Å². The summed E-state index contributed by atoms with van der Waals surface area (Å²) in [5.41, 5.74) is 2.64. The Hall–Kier alpha value is -0.870. The molecule has 0 radical (unpaired) electrons. The quantitative estimate of drug-likeness (QED) is 0.311. The van der Waals surface area contributed by atoms with Crippen molar-refractivity contribution in [3.05, 3.63) is 22.4 Å². The highest BCUT2D eigenvalue weighted by molar-refractivity contribution is 7.12. The molecule has 0 amide bonds. The van der Waals surface area contributed by atoms with Crippen LogP contribution in [0.15, 0.2) is 22.5 Å². The fourth-order valence-corrected chi connectivity index (χ4v) is 1.66. The van der Waals surface area contributed by atoms with E-state index in [2.05, 4.69) is 10.4 Å². The van der Waals surface area contributed by atoms with E-state index in [1.165, 1.54) is 12.8 Å². The lowest BCUT2D eigenvalue weighted by Gasteiger charge is -2.00. The van der Waals surface area contributed by atoms with Gasteiger partial charge in [0.1, 0.15) is 0 Å². The second kappa shape index (κ2) is 3.25. The first kappa shape index (κ1) is 7.76. The molecule has 1 fully saturated rings. The van der Waals surface area contributed by atoms with Gasteiger partial charge in [-0.1, -0.05) is 6.07 Å². The molecule has 0 saturated heterocycles. The molecule has 1 heterocycles. The topological polar surface area (TPSA) is 50.4 Å². The Balaban J connectivity index is 2.17. The van der Waals surface area contributed by atoms with Gasteiger partial charge in [0.2, 0.25) is 0 Å².